The van der Waals surface area contributed by atoms with Crippen molar-refractivity contribution in [2.75, 3.05) is 0 Å². The Labute approximate surface area is 155 Å². The van der Waals surface area contributed by atoms with Crippen LogP contribution in [-0.2, 0) is 26.2 Å². The van der Waals surface area contributed by atoms with Gasteiger partial charge in [0, 0.05) is 5.92 Å². The molecule has 0 saturated heterocycles. The second-order valence-electron chi connectivity index (χ2n) is 8.79. The topological polar surface area (TPSA) is 63.6 Å². The van der Waals surface area contributed by atoms with Crippen LogP contribution in [0.3, 0.4) is 0 Å². The zero-order valence-corrected chi connectivity index (χ0v) is 16.3. The maximum atomic E-state index is 12.1. The molecule has 0 aromatic heterocycles. The molecule has 2 aliphatic carbocycles. The number of carboxylic acids is 1. The lowest BCUT2D eigenvalue weighted by molar-refractivity contribution is -0.176. The lowest BCUT2D eigenvalue weighted by Gasteiger charge is -2.54. The number of ether oxygens (including phenoxy) is 1. The molecule has 1 N–H and O–H groups in total. The van der Waals surface area contributed by atoms with Crippen molar-refractivity contribution >= 4 is 11.9 Å². The van der Waals surface area contributed by atoms with E-state index < -0.39 is 24.0 Å². The van der Waals surface area contributed by atoms with Crippen LogP contribution in [0.1, 0.15) is 82.4 Å². The third kappa shape index (κ3) is 3.26. The Morgan fingerprint density at radius 3 is 2.65 bits per heavy atom. The molecule has 1 aromatic rings. The summed E-state index contributed by atoms with van der Waals surface area (Å²) >= 11 is 0. The van der Waals surface area contributed by atoms with E-state index in [1.807, 2.05) is 6.92 Å². The summed E-state index contributed by atoms with van der Waals surface area (Å²) in [6, 6.07) is 6.87. The van der Waals surface area contributed by atoms with E-state index in [9.17, 15) is 9.59 Å². The molecule has 0 heterocycles. The Bertz CT molecular complexity index is 723. The summed E-state index contributed by atoms with van der Waals surface area (Å²) in [6.07, 6.45) is 4.27. The summed E-state index contributed by atoms with van der Waals surface area (Å²) in [5, 5.41) is 8.88. The predicted molar refractivity (Wildman–Crippen MR) is 100 cm³/mol. The van der Waals surface area contributed by atoms with Crippen LogP contribution >= 0.6 is 0 Å². The first kappa shape index (κ1) is 18.9. The average Bonchev–Trinajstić information content (AvgIpc) is 2.52. The fraction of sp³-hybridized carbons (Fsp3) is 0.636. The minimum absolute atomic E-state index is 0.0282. The predicted octanol–water partition coefficient (Wildman–Crippen LogP) is 4.59. The fourth-order valence-electron chi connectivity index (χ4n) is 5.35. The number of aliphatic carboxylic acids is 1. The highest BCUT2D eigenvalue weighted by atomic mass is 16.6. The van der Waals surface area contributed by atoms with Gasteiger partial charge in [0.2, 0.25) is 0 Å². The van der Waals surface area contributed by atoms with Crippen LogP contribution in [0.15, 0.2) is 18.2 Å². The highest BCUT2D eigenvalue weighted by Gasteiger charge is 2.53. The number of fused-ring (bicyclic) bond motifs is 3. The van der Waals surface area contributed by atoms with Crippen molar-refractivity contribution in [3.05, 3.63) is 34.9 Å². The standard InChI is InChI=1S/C22H30O4/c1-14(2)15-6-8-17-16(12-15)7-9-18-21(17,3)10-5-11-22(18,4)26-20(25)13-19(23)24/h6,8,12,14,18H,5,7,9-11,13H2,1-4H3,(H,23,24)/t18-,21-,22-/m1/s1. The monoisotopic (exact) mass is 358 g/mol. The molecule has 0 aliphatic heterocycles. The third-order valence-electron chi connectivity index (χ3n) is 6.63. The summed E-state index contributed by atoms with van der Waals surface area (Å²) < 4.78 is 5.78. The molecule has 0 unspecified atom stereocenters. The number of aryl methyl sites for hydroxylation is 1. The van der Waals surface area contributed by atoms with Gasteiger partial charge >= 0.3 is 11.9 Å². The second kappa shape index (κ2) is 6.71. The molecule has 3 atom stereocenters. The van der Waals surface area contributed by atoms with Crippen molar-refractivity contribution in [2.45, 2.75) is 83.2 Å². The molecule has 1 fully saturated rings. The Kier molecular flexibility index (Phi) is 4.89. The van der Waals surface area contributed by atoms with Gasteiger partial charge in [0.1, 0.15) is 12.0 Å². The van der Waals surface area contributed by atoms with E-state index in [0.29, 0.717) is 5.92 Å². The van der Waals surface area contributed by atoms with E-state index in [-0.39, 0.29) is 11.3 Å². The molecule has 0 radical (unpaired) electrons. The molecule has 4 heteroatoms. The Morgan fingerprint density at radius 2 is 2.00 bits per heavy atom. The van der Waals surface area contributed by atoms with Crippen molar-refractivity contribution in [1.82, 2.24) is 0 Å². The van der Waals surface area contributed by atoms with E-state index in [0.717, 1.165) is 32.1 Å². The minimum Gasteiger partial charge on any atom is -0.481 e. The van der Waals surface area contributed by atoms with Gasteiger partial charge in [-0.2, -0.15) is 0 Å². The van der Waals surface area contributed by atoms with E-state index in [1.165, 1.54) is 16.7 Å². The van der Waals surface area contributed by atoms with Crippen molar-refractivity contribution in [1.29, 1.82) is 0 Å². The lowest BCUT2D eigenvalue weighted by atomic mass is 9.53. The number of hydrogen-bond donors (Lipinski definition) is 1. The van der Waals surface area contributed by atoms with Gasteiger partial charge < -0.3 is 9.84 Å². The molecule has 3 rings (SSSR count). The number of carbonyl (C=O) groups is 2. The fourth-order valence-corrected chi connectivity index (χ4v) is 5.35. The zero-order valence-electron chi connectivity index (χ0n) is 16.3. The highest BCUT2D eigenvalue weighted by molar-refractivity contribution is 5.90. The quantitative estimate of drug-likeness (QED) is 0.631. The smallest absolute Gasteiger partial charge is 0.317 e. The molecule has 0 amide bonds. The Balaban J connectivity index is 1.92. The molecule has 142 valence electrons. The molecule has 1 saturated carbocycles. The Morgan fingerprint density at radius 1 is 1.27 bits per heavy atom. The Hall–Kier alpha value is -1.84. The third-order valence-corrected chi connectivity index (χ3v) is 6.63. The first-order chi connectivity index (χ1) is 12.2. The normalized spacial score (nSPS) is 30.4. The molecule has 2 aliphatic rings. The van der Waals surface area contributed by atoms with Gasteiger partial charge in [-0.15, -0.1) is 0 Å². The maximum Gasteiger partial charge on any atom is 0.317 e. The van der Waals surface area contributed by atoms with Crippen LogP contribution in [0.5, 0.6) is 0 Å². The molecular formula is C22H30O4. The molecule has 26 heavy (non-hydrogen) atoms. The molecule has 0 bridgehead atoms. The van der Waals surface area contributed by atoms with Crippen LogP contribution in [0.25, 0.3) is 0 Å². The van der Waals surface area contributed by atoms with Crippen LogP contribution < -0.4 is 0 Å². The zero-order chi connectivity index (χ0) is 19.1. The highest BCUT2D eigenvalue weighted by Crippen LogP contribution is 2.55. The second-order valence-corrected chi connectivity index (χ2v) is 8.79. The van der Waals surface area contributed by atoms with Crippen molar-refractivity contribution in [3.63, 3.8) is 0 Å². The van der Waals surface area contributed by atoms with Gasteiger partial charge in [0.05, 0.1) is 0 Å². The van der Waals surface area contributed by atoms with Crippen molar-refractivity contribution in [2.24, 2.45) is 5.92 Å². The number of benzene rings is 1. The summed E-state index contributed by atoms with van der Waals surface area (Å²) in [5.41, 5.74) is 3.57. The summed E-state index contributed by atoms with van der Waals surface area (Å²) in [7, 11) is 0. The van der Waals surface area contributed by atoms with E-state index in [1.54, 1.807) is 0 Å². The molecule has 4 nitrogen and oxygen atoms in total. The number of carboxylic acid groups (broad SMARTS) is 1. The van der Waals surface area contributed by atoms with Crippen LogP contribution in [-0.4, -0.2) is 22.6 Å². The van der Waals surface area contributed by atoms with E-state index in [2.05, 4.69) is 39.0 Å². The largest absolute Gasteiger partial charge is 0.481 e. The van der Waals surface area contributed by atoms with Gasteiger partial charge in [-0.25, -0.2) is 0 Å². The van der Waals surface area contributed by atoms with Gasteiger partial charge in [-0.3, -0.25) is 9.59 Å². The maximum absolute atomic E-state index is 12.1. The van der Waals surface area contributed by atoms with Gasteiger partial charge in [0.15, 0.2) is 0 Å². The summed E-state index contributed by atoms with van der Waals surface area (Å²) in [4.78, 5) is 22.9. The first-order valence-corrected chi connectivity index (χ1v) is 9.72. The van der Waals surface area contributed by atoms with Gasteiger partial charge in [-0.1, -0.05) is 39.0 Å². The van der Waals surface area contributed by atoms with Crippen LogP contribution in [0, 0.1) is 5.92 Å². The van der Waals surface area contributed by atoms with Crippen LogP contribution in [0.2, 0.25) is 0 Å². The number of esters is 1. The summed E-state index contributed by atoms with van der Waals surface area (Å²) in [6.45, 7) is 8.73. The van der Waals surface area contributed by atoms with Crippen molar-refractivity contribution in [3.8, 4) is 0 Å². The summed E-state index contributed by atoms with van der Waals surface area (Å²) in [5.74, 6) is -1.02. The number of rotatable bonds is 4. The minimum atomic E-state index is -1.13. The number of carbonyl (C=O) groups excluding carboxylic acids is 1. The molecule has 0 spiro atoms. The first-order valence-electron chi connectivity index (χ1n) is 9.72. The van der Waals surface area contributed by atoms with E-state index >= 15 is 0 Å². The van der Waals surface area contributed by atoms with Gasteiger partial charge in [0.25, 0.3) is 0 Å². The molecule has 1 aromatic carbocycles. The average molecular weight is 358 g/mol. The molecular weight excluding hydrogens is 328 g/mol. The van der Waals surface area contributed by atoms with Gasteiger partial charge in [-0.05, 0) is 67.1 Å². The van der Waals surface area contributed by atoms with E-state index in [4.69, 9.17) is 9.84 Å². The van der Waals surface area contributed by atoms with Crippen molar-refractivity contribution < 1.29 is 19.4 Å². The van der Waals surface area contributed by atoms with Crippen LogP contribution in [0.4, 0.5) is 0 Å². The number of hydrogen-bond acceptors (Lipinski definition) is 3. The SMILES string of the molecule is CC(C)c1ccc2c(c1)CC[C@H]1[C@](C)(OC(=O)CC(=O)O)CCC[C@]21C. The lowest BCUT2D eigenvalue weighted by Crippen LogP contribution is -2.54.